The number of carbonyl (C=O) groups is 2. The summed E-state index contributed by atoms with van der Waals surface area (Å²) >= 11 is 0. The second-order valence-corrected chi connectivity index (χ2v) is 8.21. The molecular weight excluding hydrogens is 492 g/mol. The number of benzene rings is 3. The van der Waals surface area contributed by atoms with E-state index < -0.39 is 6.03 Å². The van der Waals surface area contributed by atoms with Crippen molar-refractivity contribution in [2.24, 2.45) is 9.98 Å². The molecular formula is C26H27ClN8O2. The van der Waals surface area contributed by atoms with Crippen LogP contribution < -0.4 is 31.9 Å². The van der Waals surface area contributed by atoms with Crippen molar-refractivity contribution in [1.29, 1.82) is 0 Å². The predicted molar refractivity (Wildman–Crippen MR) is 151 cm³/mol. The second-order valence-electron chi connectivity index (χ2n) is 8.21. The first-order valence-electron chi connectivity index (χ1n) is 11.7. The van der Waals surface area contributed by atoms with Gasteiger partial charge in [0, 0.05) is 47.0 Å². The summed E-state index contributed by atoms with van der Waals surface area (Å²) in [6.45, 7) is 3.18. The molecule has 10 nitrogen and oxygen atoms in total. The zero-order chi connectivity index (χ0) is 24.7. The Morgan fingerprint density at radius 2 is 1.08 bits per heavy atom. The van der Waals surface area contributed by atoms with Crippen molar-refractivity contribution in [3.63, 3.8) is 0 Å². The fourth-order valence-corrected chi connectivity index (χ4v) is 3.90. The Morgan fingerprint density at radius 1 is 0.595 bits per heavy atom. The molecule has 4 amide bonds. The fourth-order valence-electron chi connectivity index (χ4n) is 3.90. The molecule has 0 radical (unpaired) electrons. The van der Waals surface area contributed by atoms with E-state index in [1.54, 1.807) is 24.3 Å². The molecule has 2 aliphatic heterocycles. The molecule has 0 saturated carbocycles. The molecule has 190 valence electrons. The molecule has 0 atom stereocenters. The quantitative estimate of drug-likeness (QED) is 0.293. The van der Waals surface area contributed by atoms with Crippen LogP contribution in [0.2, 0.25) is 0 Å². The highest BCUT2D eigenvalue weighted by Crippen LogP contribution is 2.18. The molecule has 3 aromatic rings. The van der Waals surface area contributed by atoms with E-state index >= 15 is 0 Å². The van der Waals surface area contributed by atoms with E-state index in [4.69, 9.17) is 0 Å². The van der Waals surface area contributed by atoms with Gasteiger partial charge >= 0.3 is 12.1 Å². The van der Waals surface area contributed by atoms with Gasteiger partial charge in [0.05, 0.1) is 13.1 Å². The minimum absolute atomic E-state index is 0. The Morgan fingerprint density at radius 3 is 1.62 bits per heavy atom. The highest BCUT2D eigenvalue weighted by molar-refractivity contribution is 6.04. The number of rotatable bonds is 6. The maximum atomic E-state index is 12.5. The summed E-state index contributed by atoms with van der Waals surface area (Å²) < 4.78 is 0. The van der Waals surface area contributed by atoms with E-state index in [9.17, 15) is 9.59 Å². The van der Waals surface area contributed by atoms with Gasteiger partial charge < -0.3 is 31.9 Å². The first-order valence-corrected chi connectivity index (χ1v) is 11.7. The van der Waals surface area contributed by atoms with Crippen LogP contribution in [0.3, 0.4) is 0 Å². The maximum Gasteiger partial charge on any atom is 0.323 e. The van der Waals surface area contributed by atoms with Crippen LogP contribution >= 0.6 is 12.4 Å². The van der Waals surface area contributed by atoms with Crippen molar-refractivity contribution in [1.82, 2.24) is 10.6 Å². The molecule has 0 fully saturated rings. The number of hydrogen-bond acceptors (Lipinski definition) is 6. The minimum atomic E-state index is -0.392. The van der Waals surface area contributed by atoms with Gasteiger partial charge in [0.1, 0.15) is 11.7 Å². The van der Waals surface area contributed by atoms with Gasteiger partial charge in [-0.1, -0.05) is 18.2 Å². The predicted octanol–water partition coefficient (Wildman–Crippen LogP) is 4.10. The summed E-state index contributed by atoms with van der Waals surface area (Å²) in [7, 11) is 0. The molecule has 2 aliphatic rings. The Kier molecular flexibility index (Phi) is 8.22. The lowest BCUT2D eigenvalue weighted by atomic mass is 10.2. The lowest BCUT2D eigenvalue weighted by molar-refractivity contribution is 0.261. The second kappa shape index (κ2) is 11.9. The number of carbonyl (C=O) groups excluding carboxylic acids is 2. The molecule has 0 saturated heterocycles. The summed E-state index contributed by atoms with van der Waals surface area (Å²) in [5.74, 6) is 1.69. The molecule has 37 heavy (non-hydrogen) atoms. The highest BCUT2D eigenvalue weighted by Gasteiger charge is 2.11. The third kappa shape index (κ3) is 6.77. The average molecular weight is 519 g/mol. The monoisotopic (exact) mass is 518 g/mol. The highest BCUT2D eigenvalue weighted by atomic mass is 35.5. The molecule has 0 aliphatic carbocycles. The van der Waals surface area contributed by atoms with Gasteiger partial charge in [-0.2, -0.15) is 0 Å². The number of nitrogens with zero attached hydrogens (tertiary/aromatic N) is 2. The van der Waals surface area contributed by atoms with Crippen molar-refractivity contribution in [3.8, 4) is 0 Å². The van der Waals surface area contributed by atoms with Crippen LogP contribution in [0.1, 0.15) is 11.1 Å². The van der Waals surface area contributed by atoms with Gasteiger partial charge in [0.15, 0.2) is 0 Å². The van der Waals surface area contributed by atoms with E-state index in [0.29, 0.717) is 22.7 Å². The van der Waals surface area contributed by atoms with Crippen LogP contribution in [-0.2, 0) is 0 Å². The summed E-state index contributed by atoms with van der Waals surface area (Å²) in [4.78, 5) is 33.8. The van der Waals surface area contributed by atoms with Crippen LogP contribution in [0.15, 0.2) is 82.8 Å². The maximum absolute atomic E-state index is 12.5. The van der Waals surface area contributed by atoms with Crippen molar-refractivity contribution < 1.29 is 9.59 Å². The Bertz CT molecular complexity index is 1340. The lowest BCUT2D eigenvalue weighted by Gasteiger charge is -2.12. The number of hydrogen-bond donors (Lipinski definition) is 6. The normalized spacial score (nSPS) is 13.7. The Hall–Kier alpha value is -4.57. The molecule has 2 heterocycles. The van der Waals surface area contributed by atoms with Crippen LogP contribution in [0.25, 0.3) is 0 Å². The van der Waals surface area contributed by atoms with Crippen molar-refractivity contribution in [3.05, 3.63) is 83.9 Å². The number of nitrogens with one attached hydrogen (secondary N) is 6. The molecule has 0 bridgehead atoms. The number of urea groups is 2. The zero-order valence-corrected chi connectivity index (χ0v) is 20.7. The number of amidine groups is 2. The summed E-state index contributed by atoms with van der Waals surface area (Å²) in [5.41, 5.74) is 4.28. The van der Waals surface area contributed by atoms with E-state index in [1.807, 2.05) is 48.5 Å². The molecule has 5 rings (SSSR count). The van der Waals surface area contributed by atoms with Crippen molar-refractivity contribution in [2.75, 3.05) is 47.4 Å². The van der Waals surface area contributed by atoms with Gasteiger partial charge in [0.2, 0.25) is 0 Å². The van der Waals surface area contributed by atoms with Gasteiger partial charge in [-0.15, -0.1) is 12.4 Å². The fraction of sp³-hybridized carbons (Fsp3) is 0.154. The number of aliphatic imine (C=N–C) groups is 2. The SMILES string of the molecule is Cl.O=C(Nc1ccc(C2=NCCN2)cc1)Nc1cccc(NC(=O)Nc2cccc(C3=NCCN3)c2)c1. The Balaban J connectivity index is 0.00000320. The van der Waals surface area contributed by atoms with E-state index in [2.05, 4.69) is 41.9 Å². The summed E-state index contributed by atoms with van der Waals surface area (Å²) in [5, 5.41) is 17.6. The number of halogens is 1. The largest absolute Gasteiger partial charge is 0.368 e. The van der Waals surface area contributed by atoms with E-state index in [1.165, 1.54) is 0 Å². The summed E-state index contributed by atoms with van der Waals surface area (Å²) in [6.07, 6.45) is 0. The van der Waals surface area contributed by atoms with Crippen LogP contribution in [0.4, 0.5) is 32.3 Å². The zero-order valence-electron chi connectivity index (χ0n) is 19.9. The third-order valence-electron chi connectivity index (χ3n) is 5.54. The third-order valence-corrected chi connectivity index (χ3v) is 5.54. The minimum Gasteiger partial charge on any atom is -0.368 e. The molecule has 0 unspecified atom stereocenters. The lowest BCUT2D eigenvalue weighted by Crippen LogP contribution is -2.22. The molecule has 3 aromatic carbocycles. The topological polar surface area (TPSA) is 131 Å². The molecule has 0 spiro atoms. The number of amides is 4. The first-order chi connectivity index (χ1) is 17.6. The first kappa shape index (κ1) is 25.5. The smallest absolute Gasteiger partial charge is 0.323 e. The van der Waals surface area contributed by atoms with Gasteiger partial charge in [-0.25, -0.2) is 9.59 Å². The molecule has 0 aromatic heterocycles. The standard InChI is InChI=1S/C26H26N8O2.ClH/c35-25(31-19-9-7-17(8-10-19)23-27-11-12-28-23)33-21-5-2-6-22(16-21)34-26(36)32-20-4-1-3-18(15-20)24-29-13-14-30-24;/h1-10,15-16H,11-14H2,(H,27,28)(H,29,30)(H2,31,33,35)(H2,32,34,36);1H. The Labute approximate surface area is 220 Å². The molecule has 11 heteroatoms. The van der Waals surface area contributed by atoms with Crippen molar-refractivity contribution >= 4 is 58.9 Å². The van der Waals surface area contributed by atoms with Crippen LogP contribution in [-0.4, -0.2) is 49.9 Å². The average Bonchev–Trinajstić information content (AvgIpc) is 3.60. The molecule has 6 N–H and O–H groups in total. The summed E-state index contributed by atoms with van der Waals surface area (Å²) in [6, 6.07) is 21.1. The van der Waals surface area contributed by atoms with Gasteiger partial charge in [-0.05, 0) is 54.6 Å². The number of anilines is 4. The van der Waals surface area contributed by atoms with E-state index in [0.717, 1.165) is 49.0 Å². The van der Waals surface area contributed by atoms with Crippen LogP contribution in [0.5, 0.6) is 0 Å². The van der Waals surface area contributed by atoms with Crippen LogP contribution in [0, 0.1) is 0 Å². The van der Waals surface area contributed by atoms with Gasteiger partial charge in [0.25, 0.3) is 0 Å². The van der Waals surface area contributed by atoms with Gasteiger partial charge in [-0.3, -0.25) is 9.98 Å². The van der Waals surface area contributed by atoms with E-state index in [-0.39, 0.29) is 18.4 Å². The van der Waals surface area contributed by atoms with Crippen molar-refractivity contribution in [2.45, 2.75) is 0 Å².